The fourth-order valence-electron chi connectivity index (χ4n) is 1.63. The molecular formula is C16H15NO. The molecule has 0 radical (unpaired) electrons. The van der Waals surface area contributed by atoms with Crippen LogP contribution in [0.2, 0.25) is 0 Å². The van der Waals surface area contributed by atoms with Gasteiger partial charge in [-0.15, -0.1) is 0 Å². The minimum atomic E-state index is 0.0908. The van der Waals surface area contributed by atoms with E-state index < -0.39 is 0 Å². The number of ketones is 1. The molecule has 0 spiro atoms. The lowest BCUT2D eigenvalue weighted by Crippen LogP contribution is -1.98. The van der Waals surface area contributed by atoms with E-state index >= 15 is 0 Å². The summed E-state index contributed by atoms with van der Waals surface area (Å²) in [5.74, 6) is 0.0908. The zero-order valence-corrected chi connectivity index (χ0v) is 10.1. The van der Waals surface area contributed by atoms with Gasteiger partial charge in [0.2, 0.25) is 0 Å². The minimum Gasteiger partial charge on any atom is -0.294 e. The largest absolute Gasteiger partial charge is 0.294 e. The minimum absolute atomic E-state index is 0.0908. The van der Waals surface area contributed by atoms with E-state index in [-0.39, 0.29) is 5.78 Å². The van der Waals surface area contributed by atoms with Crippen LogP contribution in [0.3, 0.4) is 0 Å². The van der Waals surface area contributed by atoms with Gasteiger partial charge in [-0.1, -0.05) is 48.6 Å². The van der Waals surface area contributed by atoms with Crippen LogP contribution in [0.4, 0.5) is 0 Å². The summed E-state index contributed by atoms with van der Waals surface area (Å²) in [6.07, 6.45) is 12.9. The van der Waals surface area contributed by atoms with Crippen LogP contribution in [0.15, 0.2) is 71.4 Å². The van der Waals surface area contributed by atoms with E-state index in [0.717, 1.165) is 17.7 Å². The van der Waals surface area contributed by atoms with Crippen molar-refractivity contribution in [3.05, 3.63) is 72.0 Å². The predicted octanol–water partition coefficient (Wildman–Crippen LogP) is 3.73. The molecule has 90 valence electrons. The van der Waals surface area contributed by atoms with Crippen molar-refractivity contribution >= 4 is 12.0 Å². The quantitative estimate of drug-likeness (QED) is 0.579. The average molecular weight is 237 g/mol. The Morgan fingerprint density at radius 1 is 1.22 bits per heavy atom. The number of benzene rings is 1. The number of nitrogens with zero attached hydrogens (tertiary/aromatic N) is 1. The number of carbonyl (C=O) groups is 1. The lowest BCUT2D eigenvalue weighted by molar-refractivity contribution is 0.100. The van der Waals surface area contributed by atoms with Crippen LogP contribution < -0.4 is 0 Å². The molecule has 0 fully saturated rings. The molecule has 1 aromatic rings. The summed E-state index contributed by atoms with van der Waals surface area (Å²) < 4.78 is 0. The molecule has 2 heteroatoms. The Balaban J connectivity index is 1.94. The maximum absolute atomic E-state index is 11.8. The standard InChI is InChI=1S/C16H15NO/c18-16(14-8-4-3-5-9-14)12-13-17-15-10-6-1-2-7-11-15/h1,3-11,13H,2,12H2. The maximum atomic E-state index is 11.8. The Morgan fingerprint density at radius 2 is 2.06 bits per heavy atom. The molecule has 1 aliphatic carbocycles. The van der Waals surface area contributed by atoms with Crippen LogP contribution in [0.5, 0.6) is 0 Å². The highest BCUT2D eigenvalue weighted by molar-refractivity contribution is 6.03. The van der Waals surface area contributed by atoms with E-state index in [2.05, 4.69) is 11.1 Å². The first-order valence-corrected chi connectivity index (χ1v) is 6.00. The van der Waals surface area contributed by atoms with Crippen molar-refractivity contribution in [2.45, 2.75) is 12.8 Å². The summed E-state index contributed by atoms with van der Waals surface area (Å²) in [4.78, 5) is 16.1. The van der Waals surface area contributed by atoms with Gasteiger partial charge < -0.3 is 0 Å². The van der Waals surface area contributed by atoms with Crippen molar-refractivity contribution < 1.29 is 4.79 Å². The average Bonchev–Trinajstić information content (AvgIpc) is 2.68. The Morgan fingerprint density at radius 3 is 2.89 bits per heavy atom. The molecule has 0 saturated heterocycles. The third kappa shape index (κ3) is 3.67. The molecule has 0 N–H and O–H groups in total. The number of carbonyl (C=O) groups excluding carboxylic acids is 1. The van der Waals surface area contributed by atoms with E-state index in [4.69, 9.17) is 0 Å². The molecule has 0 saturated carbocycles. The number of rotatable bonds is 4. The molecule has 0 bridgehead atoms. The smallest absolute Gasteiger partial charge is 0.168 e. The van der Waals surface area contributed by atoms with Crippen molar-refractivity contribution in [2.75, 3.05) is 0 Å². The number of allylic oxidation sites excluding steroid dienone is 5. The van der Waals surface area contributed by atoms with Gasteiger partial charge in [-0.25, -0.2) is 0 Å². The predicted molar refractivity (Wildman–Crippen MR) is 74.9 cm³/mol. The summed E-state index contributed by atoms with van der Waals surface area (Å²) in [5.41, 5.74) is 1.61. The number of hydrogen-bond donors (Lipinski definition) is 0. The third-order valence-electron chi connectivity index (χ3n) is 2.58. The lowest BCUT2D eigenvalue weighted by Gasteiger charge is -1.96. The van der Waals surface area contributed by atoms with Gasteiger partial charge in [0, 0.05) is 18.2 Å². The van der Waals surface area contributed by atoms with Crippen LogP contribution in [0, 0.1) is 0 Å². The SMILES string of the molecule is O=C(CC=NC1=CC=CCC=C1)c1ccccc1. The van der Waals surface area contributed by atoms with Gasteiger partial charge in [0.15, 0.2) is 5.78 Å². The van der Waals surface area contributed by atoms with Crippen LogP contribution in [-0.4, -0.2) is 12.0 Å². The molecule has 0 unspecified atom stereocenters. The second kappa shape index (κ2) is 6.50. The second-order valence-corrected chi connectivity index (χ2v) is 3.96. The summed E-state index contributed by atoms with van der Waals surface area (Å²) in [7, 11) is 0. The van der Waals surface area contributed by atoms with Crippen molar-refractivity contribution in [3.63, 3.8) is 0 Å². The molecule has 0 atom stereocenters. The fourth-order valence-corrected chi connectivity index (χ4v) is 1.63. The van der Waals surface area contributed by atoms with Gasteiger partial charge in [0.25, 0.3) is 0 Å². The van der Waals surface area contributed by atoms with Gasteiger partial charge in [-0.2, -0.15) is 0 Å². The summed E-state index contributed by atoms with van der Waals surface area (Å²) in [5, 5.41) is 0. The van der Waals surface area contributed by atoms with Gasteiger partial charge in [-0.3, -0.25) is 9.79 Å². The Kier molecular flexibility index (Phi) is 4.42. The van der Waals surface area contributed by atoms with E-state index in [1.54, 1.807) is 6.21 Å². The number of Topliss-reactive ketones (excluding diaryl/α,β-unsaturated/α-hetero) is 1. The molecule has 0 heterocycles. The fraction of sp³-hybridized carbons (Fsp3) is 0.125. The van der Waals surface area contributed by atoms with Crippen molar-refractivity contribution in [1.29, 1.82) is 0 Å². The van der Waals surface area contributed by atoms with E-state index in [1.807, 2.05) is 54.6 Å². The molecule has 2 rings (SSSR count). The van der Waals surface area contributed by atoms with Crippen molar-refractivity contribution in [2.24, 2.45) is 4.99 Å². The molecule has 1 aliphatic rings. The highest BCUT2D eigenvalue weighted by Crippen LogP contribution is 2.06. The zero-order valence-electron chi connectivity index (χ0n) is 10.1. The number of aliphatic imine (C=N–C) groups is 1. The zero-order chi connectivity index (χ0) is 12.6. The van der Waals surface area contributed by atoms with E-state index in [1.165, 1.54) is 0 Å². The summed E-state index contributed by atoms with van der Waals surface area (Å²) in [6, 6.07) is 9.28. The Labute approximate surface area is 107 Å². The lowest BCUT2D eigenvalue weighted by atomic mass is 10.1. The molecule has 1 aromatic carbocycles. The maximum Gasteiger partial charge on any atom is 0.168 e. The second-order valence-electron chi connectivity index (χ2n) is 3.96. The van der Waals surface area contributed by atoms with Gasteiger partial charge >= 0.3 is 0 Å². The highest BCUT2D eigenvalue weighted by Gasteiger charge is 2.01. The molecule has 0 amide bonds. The van der Waals surface area contributed by atoms with E-state index in [9.17, 15) is 4.79 Å². The summed E-state index contributed by atoms with van der Waals surface area (Å²) in [6.45, 7) is 0. The molecular weight excluding hydrogens is 222 g/mol. The molecule has 18 heavy (non-hydrogen) atoms. The van der Waals surface area contributed by atoms with Crippen LogP contribution >= 0.6 is 0 Å². The van der Waals surface area contributed by atoms with Crippen LogP contribution in [0.25, 0.3) is 0 Å². The Bertz CT molecular complexity index is 521. The topological polar surface area (TPSA) is 29.4 Å². The molecule has 0 aromatic heterocycles. The van der Waals surface area contributed by atoms with E-state index in [0.29, 0.717) is 6.42 Å². The molecule has 0 aliphatic heterocycles. The Hall–Kier alpha value is -2.22. The first-order chi connectivity index (χ1) is 8.86. The monoisotopic (exact) mass is 237 g/mol. The third-order valence-corrected chi connectivity index (χ3v) is 2.58. The first kappa shape index (κ1) is 12.2. The van der Waals surface area contributed by atoms with Crippen molar-refractivity contribution in [3.8, 4) is 0 Å². The van der Waals surface area contributed by atoms with Crippen molar-refractivity contribution in [1.82, 2.24) is 0 Å². The number of hydrogen-bond acceptors (Lipinski definition) is 2. The normalized spacial score (nSPS) is 14.6. The highest BCUT2D eigenvalue weighted by atomic mass is 16.1. The van der Waals surface area contributed by atoms with Gasteiger partial charge in [-0.05, 0) is 18.6 Å². The van der Waals surface area contributed by atoms with Gasteiger partial charge in [0.1, 0.15) is 0 Å². The van der Waals surface area contributed by atoms with Crippen LogP contribution in [-0.2, 0) is 0 Å². The van der Waals surface area contributed by atoms with Gasteiger partial charge in [0.05, 0.1) is 5.70 Å². The summed E-state index contributed by atoms with van der Waals surface area (Å²) >= 11 is 0. The van der Waals surface area contributed by atoms with Crippen LogP contribution in [0.1, 0.15) is 23.2 Å². The first-order valence-electron chi connectivity index (χ1n) is 6.00. The molecule has 2 nitrogen and oxygen atoms in total.